The minimum Gasteiger partial charge on any atom is -0.497 e. The number of hydrogen-bond donors (Lipinski definition) is 1. The standard InChI is InChI=1S/C25H19F3N2O5.C3H8O/c1-32-16-2-4-17(5-3-16)34-23-21(31)18-6-7-20-19(22(18)35-24(23)25(26,27)28)13-30(14-33-20)12-15-8-10-29-11-9-15;1-3(2)4/h2-11H,12-14H2,1H3;3-4H,1-2H3. The summed E-state index contributed by atoms with van der Waals surface area (Å²) in [5.74, 6) is -1.55. The van der Waals surface area contributed by atoms with Gasteiger partial charge in [-0.1, -0.05) is 0 Å². The van der Waals surface area contributed by atoms with Gasteiger partial charge in [0.2, 0.25) is 11.2 Å². The maximum absolute atomic E-state index is 14.0. The van der Waals surface area contributed by atoms with E-state index in [2.05, 4.69) is 4.98 Å². The fraction of sp³-hybridized carbons (Fsp3) is 0.286. The van der Waals surface area contributed by atoms with Crippen LogP contribution in [0.4, 0.5) is 13.2 Å². The number of aliphatic hydroxyl groups excluding tert-OH is 1. The monoisotopic (exact) mass is 544 g/mol. The molecular weight excluding hydrogens is 517 g/mol. The number of benzene rings is 2. The summed E-state index contributed by atoms with van der Waals surface area (Å²) in [6, 6.07) is 12.4. The summed E-state index contributed by atoms with van der Waals surface area (Å²) in [5.41, 5.74) is 0.214. The third-order valence-corrected chi connectivity index (χ3v) is 5.56. The quantitative estimate of drug-likeness (QED) is 0.340. The van der Waals surface area contributed by atoms with Crippen LogP contribution < -0.4 is 19.6 Å². The Bertz CT molecular complexity index is 1470. The molecule has 2 aromatic heterocycles. The molecule has 8 nitrogen and oxygen atoms in total. The Morgan fingerprint density at radius 3 is 2.31 bits per heavy atom. The number of rotatable bonds is 5. The maximum Gasteiger partial charge on any atom is 0.453 e. The highest BCUT2D eigenvalue weighted by molar-refractivity contribution is 5.84. The van der Waals surface area contributed by atoms with Gasteiger partial charge in [0.05, 0.1) is 18.1 Å². The summed E-state index contributed by atoms with van der Waals surface area (Å²) in [7, 11) is 1.46. The van der Waals surface area contributed by atoms with E-state index in [-0.39, 0.29) is 36.1 Å². The van der Waals surface area contributed by atoms with Crippen molar-refractivity contribution in [2.45, 2.75) is 39.2 Å². The van der Waals surface area contributed by atoms with Gasteiger partial charge in [0.1, 0.15) is 29.6 Å². The van der Waals surface area contributed by atoms with Crippen molar-refractivity contribution >= 4 is 11.0 Å². The predicted octanol–water partition coefficient (Wildman–Crippen LogP) is 5.75. The Balaban J connectivity index is 0.000000826. The Hall–Kier alpha value is -4.09. The zero-order valence-corrected chi connectivity index (χ0v) is 21.5. The summed E-state index contributed by atoms with van der Waals surface area (Å²) in [4.78, 5) is 19.1. The number of nitrogens with zero attached hydrogens (tertiary/aromatic N) is 2. The number of pyridine rings is 1. The highest BCUT2D eigenvalue weighted by atomic mass is 19.4. The van der Waals surface area contributed by atoms with Crippen LogP contribution >= 0.6 is 0 Å². The zero-order valence-electron chi connectivity index (χ0n) is 21.5. The molecule has 0 aliphatic carbocycles. The average Bonchev–Trinajstić information content (AvgIpc) is 2.90. The van der Waals surface area contributed by atoms with Crippen molar-refractivity contribution in [3.63, 3.8) is 0 Å². The second kappa shape index (κ2) is 11.7. The van der Waals surface area contributed by atoms with E-state index in [1.165, 1.54) is 37.4 Å². The molecule has 11 heteroatoms. The first-order chi connectivity index (χ1) is 18.6. The minimum atomic E-state index is -4.97. The second-order valence-corrected chi connectivity index (χ2v) is 8.99. The first kappa shape index (κ1) is 27.9. The van der Waals surface area contributed by atoms with Crippen LogP contribution in [0.1, 0.15) is 30.7 Å². The van der Waals surface area contributed by atoms with E-state index in [0.717, 1.165) is 5.56 Å². The van der Waals surface area contributed by atoms with Gasteiger partial charge in [-0.05, 0) is 67.9 Å². The molecule has 0 bridgehead atoms. The van der Waals surface area contributed by atoms with E-state index >= 15 is 0 Å². The number of methoxy groups -OCH3 is 1. The summed E-state index contributed by atoms with van der Waals surface area (Å²) in [5, 5.41) is 8.02. The fourth-order valence-corrected chi connectivity index (χ4v) is 3.88. The Morgan fingerprint density at radius 1 is 1.05 bits per heavy atom. The molecule has 206 valence electrons. The number of alkyl halides is 3. The molecule has 0 unspecified atom stereocenters. The summed E-state index contributed by atoms with van der Waals surface area (Å²) < 4.78 is 63.5. The highest BCUT2D eigenvalue weighted by Crippen LogP contribution is 2.41. The van der Waals surface area contributed by atoms with Crippen LogP contribution in [-0.2, 0) is 19.3 Å². The number of aliphatic hydroxyl groups is 1. The van der Waals surface area contributed by atoms with Gasteiger partial charge in [-0.3, -0.25) is 14.7 Å². The number of fused-ring (bicyclic) bond motifs is 3. The lowest BCUT2D eigenvalue weighted by molar-refractivity contribution is -0.154. The third-order valence-electron chi connectivity index (χ3n) is 5.56. The molecule has 0 saturated heterocycles. The maximum atomic E-state index is 14.0. The average molecular weight is 545 g/mol. The molecule has 4 aromatic rings. The van der Waals surface area contributed by atoms with Gasteiger partial charge in [0.15, 0.2) is 0 Å². The molecule has 1 N–H and O–H groups in total. The molecule has 5 rings (SSSR count). The molecule has 0 saturated carbocycles. The van der Waals surface area contributed by atoms with Crippen LogP contribution in [-0.4, -0.2) is 34.9 Å². The highest BCUT2D eigenvalue weighted by Gasteiger charge is 2.41. The molecule has 0 fully saturated rings. The van der Waals surface area contributed by atoms with Gasteiger partial charge in [-0.25, -0.2) is 0 Å². The van der Waals surface area contributed by atoms with E-state index in [1.807, 2.05) is 17.0 Å². The van der Waals surface area contributed by atoms with Crippen LogP contribution in [0.2, 0.25) is 0 Å². The Morgan fingerprint density at radius 2 is 1.69 bits per heavy atom. The van der Waals surface area contributed by atoms with E-state index in [4.69, 9.17) is 23.7 Å². The van der Waals surface area contributed by atoms with Gasteiger partial charge < -0.3 is 23.7 Å². The zero-order chi connectivity index (χ0) is 28.2. The van der Waals surface area contributed by atoms with Crippen molar-refractivity contribution in [3.05, 3.63) is 88.0 Å². The number of aromatic nitrogens is 1. The fourth-order valence-electron chi connectivity index (χ4n) is 3.88. The first-order valence-electron chi connectivity index (χ1n) is 12.0. The number of halogens is 3. The predicted molar refractivity (Wildman–Crippen MR) is 137 cm³/mol. The number of hydrogen-bond acceptors (Lipinski definition) is 8. The molecule has 1 aliphatic heterocycles. The topological polar surface area (TPSA) is 94.3 Å². The molecule has 1 aliphatic rings. The molecule has 2 aromatic carbocycles. The van der Waals surface area contributed by atoms with Crippen LogP contribution in [0.5, 0.6) is 23.0 Å². The third kappa shape index (κ3) is 6.68. The summed E-state index contributed by atoms with van der Waals surface area (Å²) >= 11 is 0. The summed E-state index contributed by atoms with van der Waals surface area (Å²) in [6.07, 6.45) is -1.82. The van der Waals surface area contributed by atoms with E-state index in [0.29, 0.717) is 23.6 Å². The van der Waals surface area contributed by atoms with Gasteiger partial charge >= 0.3 is 6.18 Å². The smallest absolute Gasteiger partial charge is 0.453 e. The molecule has 0 radical (unpaired) electrons. The molecular formula is C28H27F3N2O6. The lowest BCUT2D eigenvalue weighted by atomic mass is 10.1. The van der Waals surface area contributed by atoms with Crippen molar-refractivity contribution in [1.82, 2.24) is 9.88 Å². The van der Waals surface area contributed by atoms with E-state index in [1.54, 1.807) is 32.3 Å². The van der Waals surface area contributed by atoms with Crippen LogP contribution in [0.25, 0.3) is 11.0 Å². The van der Waals surface area contributed by atoms with Crippen LogP contribution in [0.3, 0.4) is 0 Å². The lowest BCUT2D eigenvalue weighted by Crippen LogP contribution is -2.32. The van der Waals surface area contributed by atoms with Crippen molar-refractivity contribution < 1.29 is 36.9 Å². The van der Waals surface area contributed by atoms with Gasteiger partial charge in [0.25, 0.3) is 5.76 Å². The largest absolute Gasteiger partial charge is 0.497 e. The van der Waals surface area contributed by atoms with E-state index in [9.17, 15) is 18.0 Å². The van der Waals surface area contributed by atoms with Crippen molar-refractivity contribution in [1.29, 1.82) is 0 Å². The van der Waals surface area contributed by atoms with Gasteiger partial charge in [-0.15, -0.1) is 0 Å². The van der Waals surface area contributed by atoms with Crippen molar-refractivity contribution in [3.8, 4) is 23.0 Å². The van der Waals surface area contributed by atoms with Crippen LogP contribution in [0, 0.1) is 0 Å². The normalized spacial score (nSPS) is 13.3. The molecule has 0 amide bonds. The second-order valence-electron chi connectivity index (χ2n) is 8.99. The molecule has 0 spiro atoms. The molecule has 39 heavy (non-hydrogen) atoms. The van der Waals surface area contributed by atoms with Crippen LogP contribution in [0.15, 0.2) is 70.1 Å². The van der Waals surface area contributed by atoms with Crippen molar-refractivity contribution in [2.24, 2.45) is 0 Å². The molecule has 3 heterocycles. The van der Waals surface area contributed by atoms with Gasteiger partial charge in [0, 0.05) is 31.6 Å². The molecule has 0 atom stereocenters. The van der Waals surface area contributed by atoms with Gasteiger partial charge in [-0.2, -0.15) is 13.2 Å². The Labute approximate surface area is 222 Å². The SMILES string of the molecule is CC(C)O.COc1ccc(Oc2c(C(F)(F)F)oc3c4c(ccc3c2=O)OCN(Cc2ccncc2)C4)cc1. The summed E-state index contributed by atoms with van der Waals surface area (Å²) in [6.45, 7) is 4.39. The minimum absolute atomic E-state index is 0.0328. The number of ether oxygens (including phenoxy) is 3. The first-order valence-corrected chi connectivity index (χ1v) is 12.0. The Kier molecular flexibility index (Phi) is 8.41. The lowest BCUT2D eigenvalue weighted by Gasteiger charge is -2.29. The van der Waals surface area contributed by atoms with E-state index < -0.39 is 23.1 Å². The van der Waals surface area contributed by atoms with Crippen molar-refractivity contribution in [2.75, 3.05) is 13.8 Å².